The van der Waals surface area contributed by atoms with Gasteiger partial charge in [-0.2, -0.15) is 0 Å². The largest absolute Gasteiger partial charge is 0.0885 e. The molecular weight excluding hydrogens is 84.1 g/mol. The first-order chi connectivity index (χ1) is 3.41. The summed E-state index contributed by atoms with van der Waals surface area (Å²) in [4.78, 5) is 0. The van der Waals surface area contributed by atoms with E-state index in [4.69, 9.17) is 0 Å². The van der Waals surface area contributed by atoms with E-state index in [1.54, 1.807) is 0 Å². The summed E-state index contributed by atoms with van der Waals surface area (Å²) < 4.78 is 0. The first-order valence-electron chi connectivity index (χ1n) is 2.65. The number of rotatable bonds is 3. The molecule has 0 amide bonds. The molecule has 0 aliphatic carbocycles. The fraction of sp³-hybridized carbons (Fsp3) is 0.429. The van der Waals surface area contributed by atoms with Gasteiger partial charge in [-0.05, 0) is 26.2 Å². The first-order valence-corrected chi connectivity index (χ1v) is 2.65. The third-order valence-electron chi connectivity index (χ3n) is 0.704. The Bertz CT molecular complexity index is 44.0. The lowest BCUT2D eigenvalue weighted by molar-refractivity contribution is 1.04. The molecule has 0 atom stereocenters. The van der Waals surface area contributed by atoms with Crippen molar-refractivity contribution in [3.8, 4) is 0 Å². The zero-order valence-electron chi connectivity index (χ0n) is 4.69. The highest BCUT2D eigenvalue weighted by Crippen LogP contribution is 1.88. The van der Waals surface area contributed by atoms with E-state index in [9.17, 15) is 0 Å². The number of hydrogen-bond donors (Lipinski definition) is 0. The quantitative estimate of drug-likeness (QED) is 0.473. The molecule has 7 heavy (non-hydrogen) atoms. The van der Waals surface area contributed by atoms with E-state index in [0.717, 1.165) is 19.3 Å². The molecule has 0 aromatic rings. The van der Waals surface area contributed by atoms with Crippen LogP contribution in [0.1, 0.15) is 19.3 Å². The van der Waals surface area contributed by atoms with E-state index in [1.165, 1.54) is 0 Å². The Morgan fingerprint density at radius 1 is 1.14 bits per heavy atom. The fourth-order valence-corrected chi connectivity index (χ4v) is 0.354. The molecular formula is C7H12. The highest BCUT2D eigenvalue weighted by atomic mass is 13.7. The van der Waals surface area contributed by atoms with Crippen molar-refractivity contribution in [2.75, 3.05) is 0 Å². The van der Waals surface area contributed by atoms with E-state index in [1.807, 2.05) is 0 Å². The predicted molar refractivity (Wildman–Crippen MR) is 33.7 cm³/mol. The Labute approximate surface area is 46.2 Å². The number of allylic oxidation sites excluding steroid dienone is 2. The molecule has 0 bridgehead atoms. The van der Waals surface area contributed by atoms with Crippen molar-refractivity contribution >= 4 is 0 Å². The van der Waals surface area contributed by atoms with Crippen LogP contribution in [0.3, 0.4) is 0 Å². The monoisotopic (exact) mass is 96.1 g/mol. The standard InChI is InChI=1S/C7H12/c1-3-5-7-6-4-2/h5,7H,1-4,6H2. The zero-order valence-corrected chi connectivity index (χ0v) is 4.69. The molecule has 0 saturated heterocycles. The molecule has 0 nitrogen and oxygen atoms in total. The van der Waals surface area contributed by atoms with Crippen molar-refractivity contribution in [1.29, 1.82) is 0 Å². The van der Waals surface area contributed by atoms with Crippen LogP contribution in [0.5, 0.6) is 0 Å². The molecule has 0 rings (SSSR count). The lowest BCUT2D eigenvalue weighted by Crippen LogP contribution is -1.59. The molecule has 0 heterocycles. The van der Waals surface area contributed by atoms with Gasteiger partial charge in [-0.15, -0.1) is 0 Å². The van der Waals surface area contributed by atoms with Gasteiger partial charge in [0.15, 0.2) is 0 Å². The Morgan fingerprint density at radius 3 is 2.29 bits per heavy atom. The van der Waals surface area contributed by atoms with Crippen LogP contribution < -0.4 is 0 Å². The van der Waals surface area contributed by atoms with Crippen LogP contribution in [0.4, 0.5) is 0 Å². The molecule has 0 unspecified atom stereocenters. The van der Waals surface area contributed by atoms with E-state index >= 15 is 0 Å². The molecule has 0 fully saturated rings. The van der Waals surface area contributed by atoms with Gasteiger partial charge in [-0.3, -0.25) is 0 Å². The lowest BCUT2D eigenvalue weighted by Gasteiger charge is -1.79. The summed E-state index contributed by atoms with van der Waals surface area (Å²) in [5.41, 5.74) is 0. The normalized spacial score (nSPS) is 10.6. The summed E-state index contributed by atoms with van der Waals surface area (Å²) in [7, 11) is 0. The molecule has 0 N–H and O–H groups in total. The second-order valence-corrected chi connectivity index (χ2v) is 1.40. The molecule has 0 saturated carbocycles. The van der Waals surface area contributed by atoms with Gasteiger partial charge in [-0.25, -0.2) is 0 Å². The van der Waals surface area contributed by atoms with Gasteiger partial charge in [0.1, 0.15) is 0 Å². The Balaban J connectivity index is 2.78. The highest BCUT2D eigenvalue weighted by molar-refractivity contribution is 4.81. The van der Waals surface area contributed by atoms with Crippen molar-refractivity contribution < 1.29 is 0 Å². The van der Waals surface area contributed by atoms with Gasteiger partial charge in [0.05, 0.1) is 0 Å². The Kier molecular flexibility index (Phi) is 5.53. The average molecular weight is 96.2 g/mol. The summed E-state index contributed by atoms with van der Waals surface area (Å²) in [5, 5.41) is 0. The smallest absolute Gasteiger partial charge is 0.0351 e. The van der Waals surface area contributed by atoms with E-state index < -0.39 is 0 Å². The van der Waals surface area contributed by atoms with Gasteiger partial charge in [0.25, 0.3) is 0 Å². The number of hydrogen-bond acceptors (Lipinski definition) is 0. The highest BCUT2D eigenvalue weighted by Gasteiger charge is 1.68. The first kappa shape index (κ1) is 6.74. The fourth-order valence-electron chi connectivity index (χ4n) is 0.354. The molecule has 0 spiro atoms. The molecule has 0 aliphatic rings. The second kappa shape index (κ2) is 5.74. The van der Waals surface area contributed by atoms with Crippen molar-refractivity contribution in [3.05, 3.63) is 26.0 Å². The van der Waals surface area contributed by atoms with E-state index in [-0.39, 0.29) is 0 Å². The molecule has 0 aromatic carbocycles. The average Bonchev–Trinajstić information content (AvgIpc) is 1.69. The Hall–Kier alpha value is -0.260. The van der Waals surface area contributed by atoms with Crippen LogP contribution in [0.25, 0.3) is 0 Å². The molecule has 0 heteroatoms. The number of unbranched alkanes of at least 4 members (excludes halogenated alkanes) is 1. The van der Waals surface area contributed by atoms with Gasteiger partial charge >= 0.3 is 0 Å². The van der Waals surface area contributed by atoms with Crippen LogP contribution in [-0.2, 0) is 0 Å². The lowest BCUT2D eigenvalue weighted by atomic mass is 10.3. The third-order valence-corrected chi connectivity index (χ3v) is 0.704. The summed E-state index contributed by atoms with van der Waals surface area (Å²) >= 11 is 0. The van der Waals surface area contributed by atoms with Crippen LogP contribution in [-0.4, -0.2) is 0 Å². The topological polar surface area (TPSA) is 0 Å². The summed E-state index contributed by atoms with van der Waals surface area (Å²) in [6.45, 7) is 7.34. The molecule has 0 aromatic heterocycles. The maximum Gasteiger partial charge on any atom is -0.0351 e. The molecule has 40 valence electrons. The third kappa shape index (κ3) is 5.74. The van der Waals surface area contributed by atoms with Crippen LogP contribution in [0, 0.1) is 13.8 Å². The van der Waals surface area contributed by atoms with Crippen LogP contribution in [0.15, 0.2) is 12.2 Å². The van der Waals surface area contributed by atoms with Gasteiger partial charge in [0.2, 0.25) is 0 Å². The minimum absolute atomic E-state index is 0.903. The summed E-state index contributed by atoms with van der Waals surface area (Å²) in [6.07, 6.45) is 7.16. The molecule has 2 radical (unpaired) electrons. The minimum atomic E-state index is 0.903. The van der Waals surface area contributed by atoms with Crippen molar-refractivity contribution in [3.63, 3.8) is 0 Å². The van der Waals surface area contributed by atoms with Crippen molar-refractivity contribution in [1.82, 2.24) is 0 Å². The second-order valence-electron chi connectivity index (χ2n) is 1.40. The van der Waals surface area contributed by atoms with Crippen LogP contribution in [0.2, 0.25) is 0 Å². The van der Waals surface area contributed by atoms with Gasteiger partial charge in [0, 0.05) is 0 Å². The van der Waals surface area contributed by atoms with Gasteiger partial charge < -0.3 is 0 Å². The summed E-state index contributed by atoms with van der Waals surface area (Å²) in [5.74, 6) is 0. The van der Waals surface area contributed by atoms with Crippen molar-refractivity contribution in [2.24, 2.45) is 0 Å². The van der Waals surface area contributed by atoms with Crippen molar-refractivity contribution in [2.45, 2.75) is 19.3 Å². The van der Waals surface area contributed by atoms with E-state index in [2.05, 4.69) is 26.0 Å². The zero-order chi connectivity index (χ0) is 5.54. The molecule has 0 aliphatic heterocycles. The maximum absolute atomic E-state index is 3.69. The van der Waals surface area contributed by atoms with Gasteiger partial charge in [-0.1, -0.05) is 19.1 Å². The predicted octanol–water partition coefficient (Wildman–Crippen LogP) is 2.38. The summed E-state index contributed by atoms with van der Waals surface area (Å²) in [6, 6.07) is 0. The maximum atomic E-state index is 3.69. The van der Waals surface area contributed by atoms with Crippen LogP contribution >= 0.6 is 0 Å². The Morgan fingerprint density at radius 2 is 1.86 bits per heavy atom. The SMILES string of the molecule is [CH2]CC=CCC[CH2]. The van der Waals surface area contributed by atoms with E-state index in [0.29, 0.717) is 0 Å². The minimum Gasteiger partial charge on any atom is -0.0885 e.